The molecule has 0 aromatic heterocycles. The van der Waals surface area contributed by atoms with Crippen molar-refractivity contribution in [2.45, 2.75) is 25.3 Å². The van der Waals surface area contributed by atoms with Gasteiger partial charge in [0.1, 0.15) is 0 Å². The van der Waals surface area contributed by atoms with Crippen LogP contribution in [0, 0.1) is 0 Å². The van der Waals surface area contributed by atoms with Crippen LogP contribution in [0.15, 0.2) is 42.5 Å². The molecule has 0 bridgehead atoms. The molecule has 2 atom stereocenters. The molecule has 0 amide bonds. The van der Waals surface area contributed by atoms with Crippen LogP contribution in [0.3, 0.4) is 0 Å². The van der Waals surface area contributed by atoms with Crippen LogP contribution >= 0.6 is 0 Å². The number of fused-ring (bicyclic) bond motifs is 2. The molecule has 1 aliphatic carbocycles. The van der Waals surface area contributed by atoms with E-state index < -0.39 is 0 Å². The van der Waals surface area contributed by atoms with E-state index in [9.17, 15) is 0 Å². The fourth-order valence-electron chi connectivity index (χ4n) is 3.16. The highest BCUT2D eigenvalue weighted by Gasteiger charge is 2.25. The van der Waals surface area contributed by atoms with E-state index in [4.69, 9.17) is 9.47 Å². The lowest BCUT2D eigenvalue weighted by molar-refractivity contribution is 0.174. The zero-order valence-corrected chi connectivity index (χ0v) is 12.1. The van der Waals surface area contributed by atoms with Gasteiger partial charge in [-0.3, -0.25) is 0 Å². The van der Waals surface area contributed by atoms with E-state index >= 15 is 0 Å². The second-order valence-corrected chi connectivity index (χ2v) is 5.84. The Kier molecular flexibility index (Phi) is 3.08. The molecule has 2 aromatic rings. The maximum atomic E-state index is 5.44. The summed E-state index contributed by atoms with van der Waals surface area (Å²) in [7, 11) is 0. The highest BCUT2D eigenvalue weighted by Crippen LogP contribution is 2.36. The van der Waals surface area contributed by atoms with Gasteiger partial charge in [0.15, 0.2) is 11.5 Å². The van der Waals surface area contributed by atoms with Crippen molar-refractivity contribution < 1.29 is 9.47 Å². The first kappa shape index (κ1) is 12.7. The summed E-state index contributed by atoms with van der Waals surface area (Å²) >= 11 is 0. The van der Waals surface area contributed by atoms with Gasteiger partial charge in [0.25, 0.3) is 0 Å². The van der Waals surface area contributed by atoms with Crippen LogP contribution in [0.5, 0.6) is 11.5 Å². The minimum Gasteiger partial charge on any atom is -0.454 e. The minimum absolute atomic E-state index is 0.312. The molecule has 3 heteroatoms. The summed E-state index contributed by atoms with van der Waals surface area (Å²) in [5, 5.41) is 3.64. The first-order valence-corrected chi connectivity index (χ1v) is 7.52. The number of rotatable bonds is 4. The van der Waals surface area contributed by atoms with Gasteiger partial charge in [-0.2, -0.15) is 0 Å². The van der Waals surface area contributed by atoms with Crippen molar-refractivity contribution in [3.8, 4) is 11.5 Å². The lowest BCUT2D eigenvalue weighted by atomic mass is 9.77. The maximum Gasteiger partial charge on any atom is 0.231 e. The van der Waals surface area contributed by atoms with Gasteiger partial charge in [0.2, 0.25) is 6.79 Å². The average Bonchev–Trinajstić information content (AvgIpc) is 2.95. The van der Waals surface area contributed by atoms with Crippen molar-refractivity contribution in [3.63, 3.8) is 0 Å². The van der Waals surface area contributed by atoms with E-state index in [0.29, 0.717) is 18.8 Å². The molecule has 1 aliphatic heterocycles. The second-order valence-electron chi connectivity index (χ2n) is 5.84. The molecule has 2 aromatic carbocycles. The summed E-state index contributed by atoms with van der Waals surface area (Å²) in [5.74, 6) is 2.35. The minimum atomic E-state index is 0.312. The molecule has 3 nitrogen and oxygen atoms in total. The third-order valence-electron chi connectivity index (χ3n) is 4.53. The van der Waals surface area contributed by atoms with E-state index in [-0.39, 0.29) is 0 Å². The van der Waals surface area contributed by atoms with Crippen molar-refractivity contribution >= 4 is 0 Å². The maximum absolute atomic E-state index is 5.44. The summed E-state index contributed by atoms with van der Waals surface area (Å²) in [6.07, 6.45) is 1.19. The predicted molar refractivity (Wildman–Crippen MR) is 81.9 cm³/mol. The Labute approximate surface area is 124 Å². The monoisotopic (exact) mass is 281 g/mol. The zero-order chi connectivity index (χ0) is 14.2. The van der Waals surface area contributed by atoms with Crippen molar-refractivity contribution in [1.29, 1.82) is 0 Å². The first-order valence-electron chi connectivity index (χ1n) is 7.52. The van der Waals surface area contributed by atoms with Gasteiger partial charge in [0.05, 0.1) is 0 Å². The zero-order valence-electron chi connectivity index (χ0n) is 12.1. The smallest absolute Gasteiger partial charge is 0.231 e. The molecule has 2 unspecified atom stereocenters. The van der Waals surface area contributed by atoms with Crippen LogP contribution in [0.4, 0.5) is 0 Å². The van der Waals surface area contributed by atoms with Crippen LogP contribution in [0.2, 0.25) is 0 Å². The Bertz CT molecular complexity index is 668. The molecule has 0 radical (unpaired) electrons. The lowest BCUT2D eigenvalue weighted by Gasteiger charge is -2.31. The topological polar surface area (TPSA) is 30.5 Å². The van der Waals surface area contributed by atoms with Gasteiger partial charge in [0, 0.05) is 18.5 Å². The van der Waals surface area contributed by atoms with Crippen molar-refractivity contribution in [1.82, 2.24) is 5.32 Å². The van der Waals surface area contributed by atoms with Gasteiger partial charge >= 0.3 is 0 Å². The Hall–Kier alpha value is -2.00. The fraction of sp³-hybridized carbons (Fsp3) is 0.333. The van der Waals surface area contributed by atoms with Gasteiger partial charge in [-0.25, -0.2) is 0 Å². The highest BCUT2D eigenvalue weighted by molar-refractivity contribution is 5.45. The normalized spacial score (nSPS) is 19.8. The SMILES string of the molecule is CC(NCC1Cc2ccccc21)c1ccc2c(c1)OCO2. The third-order valence-corrected chi connectivity index (χ3v) is 4.53. The molecule has 1 N–H and O–H groups in total. The Morgan fingerprint density at radius 3 is 2.90 bits per heavy atom. The molecule has 0 fully saturated rings. The molecule has 0 saturated carbocycles. The summed E-state index contributed by atoms with van der Waals surface area (Å²) in [6.45, 7) is 3.55. The molecule has 21 heavy (non-hydrogen) atoms. The number of nitrogens with one attached hydrogen (secondary N) is 1. The van der Waals surface area contributed by atoms with E-state index in [0.717, 1.165) is 18.0 Å². The van der Waals surface area contributed by atoms with Gasteiger partial charge < -0.3 is 14.8 Å². The largest absolute Gasteiger partial charge is 0.454 e. The number of hydrogen-bond acceptors (Lipinski definition) is 3. The number of hydrogen-bond donors (Lipinski definition) is 1. The van der Waals surface area contributed by atoms with Crippen molar-refractivity contribution in [3.05, 3.63) is 59.2 Å². The Morgan fingerprint density at radius 2 is 2.00 bits per heavy atom. The Balaban J connectivity index is 1.40. The van der Waals surface area contributed by atoms with Crippen LogP contribution in [-0.2, 0) is 6.42 Å². The molecule has 0 saturated heterocycles. The standard InChI is InChI=1S/C18H19NO2/c1-12(13-6-7-17-18(9-13)21-11-20-17)19-10-15-8-14-4-2-3-5-16(14)15/h2-7,9,12,15,19H,8,10-11H2,1H3. The molecule has 108 valence electrons. The quantitative estimate of drug-likeness (QED) is 0.931. The van der Waals surface area contributed by atoms with Crippen molar-refractivity contribution in [2.75, 3.05) is 13.3 Å². The molecule has 1 heterocycles. The fourth-order valence-corrected chi connectivity index (χ4v) is 3.16. The van der Waals surface area contributed by atoms with Crippen LogP contribution in [0.1, 0.15) is 35.6 Å². The average molecular weight is 281 g/mol. The summed E-state index contributed by atoms with van der Waals surface area (Å²) in [4.78, 5) is 0. The van der Waals surface area contributed by atoms with Crippen LogP contribution in [0.25, 0.3) is 0 Å². The van der Waals surface area contributed by atoms with E-state index in [2.05, 4.69) is 48.6 Å². The summed E-state index contributed by atoms with van der Waals surface area (Å²) < 4.78 is 10.8. The highest BCUT2D eigenvalue weighted by atomic mass is 16.7. The molecular formula is C18H19NO2. The third kappa shape index (κ3) is 2.28. The molecule has 4 rings (SSSR count). The van der Waals surface area contributed by atoms with Crippen LogP contribution in [-0.4, -0.2) is 13.3 Å². The van der Waals surface area contributed by atoms with Crippen molar-refractivity contribution in [2.24, 2.45) is 0 Å². The summed E-state index contributed by atoms with van der Waals surface area (Å²) in [6, 6.07) is 15.2. The number of benzene rings is 2. The van der Waals surface area contributed by atoms with E-state index in [1.165, 1.54) is 23.1 Å². The van der Waals surface area contributed by atoms with Gasteiger partial charge in [-0.1, -0.05) is 30.3 Å². The molecule has 2 aliphatic rings. The molecular weight excluding hydrogens is 262 g/mol. The van der Waals surface area contributed by atoms with Gasteiger partial charge in [-0.15, -0.1) is 0 Å². The summed E-state index contributed by atoms with van der Waals surface area (Å²) in [5.41, 5.74) is 4.25. The van der Waals surface area contributed by atoms with Crippen LogP contribution < -0.4 is 14.8 Å². The lowest BCUT2D eigenvalue weighted by Crippen LogP contribution is -2.30. The number of ether oxygens (including phenoxy) is 2. The van der Waals surface area contributed by atoms with E-state index in [1.54, 1.807) is 0 Å². The first-order chi connectivity index (χ1) is 10.3. The van der Waals surface area contributed by atoms with Gasteiger partial charge in [-0.05, 0) is 42.2 Å². The van der Waals surface area contributed by atoms with E-state index in [1.807, 2.05) is 6.07 Å². The molecule has 0 spiro atoms. The Morgan fingerprint density at radius 1 is 1.14 bits per heavy atom. The second kappa shape index (κ2) is 5.08. The predicted octanol–water partition coefficient (Wildman–Crippen LogP) is 3.41.